The van der Waals surface area contributed by atoms with Crippen molar-refractivity contribution in [1.82, 2.24) is 4.90 Å². The molecule has 2 heterocycles. The van der Waals surface area contributed by atoms with E-state index in [-0.39, 0.29) is 6.04 Å². The van der Waals surface area contributed by atoms with Crippen molar-refractivity contribution in [3.05, 3.63) is 22.4 Å². The van der Waals surface area contributed by atoms with Crippen molar-refractivity contribution in [3.63, 3.8) is 0 Å². The van der Waals surface area contributed by atoms with Gasteiger partial charge in [0.05, 0.1) is 0 Å². The highest BCUT2D eigenvalue weighted by Crippen LogP contribution is 2.35. The van der Waals surface area contributed by atoms with Crippen LogP contribution in [0.1, 0.15) is 43.6 Å². The molecule has 104 valence electrons. The first kappa shape index (κ1) is 13.1. The van der Waals surface area contributed by atoms with Crippen molar-refractivity contribution in [3.8, 4) is 0 Å². The molecule has 1 saturated heterocycles. The molecule has 0 amide bonds. The third-order valence-electron chi connectivity index (χ3n) is 4.74. The molecular weight excluding hydrogens is 258 g/mol. The summed E-state index contributed by atoms with van der Waals surface area (Å²) in [6, 6.07) is 1.93. The smallest absolute Gasteiger partial charge is 0.320 e. The lowest BCUT2D eigenvalue weighted by Gasteiger charge is -2.32. The molecule has 3 nitrogen and oxygen atoms in total. The van der Waals surface area contributed by atoms with Crippen LogP contribution in [0.4, 0.5) is 0 Å². The average Bonchev–Trinajstić information content (AvgIpc) is 2.96. The van der Waals surface area contributed by atoms with Crippen LogP contribution in [0.2, 0.25) is 0 Å². The summed E-state index contributed by atoms with van der Waals surface area (Å²) in [5.41, 5.74) is 1.39. The Morgan fingerprint density at radius 2 is 2.32 bits per heavy atom. The summed E-state index contributed by atoms with van der Waals surface area (Å²) in [6.45, 7) is 1.85. The number of aliphatic carboxylic acids is 1. The maximum Gasteiger partial charge on any atom is 0.320 e. The summed E-state index contributed by atoms with van der Waals surface area (Å²) >= 11 is 1.73. The van der Waals surface area contributed by atoms with E-state index in [0.717, 1.165) is 25.9 Å². The van der Waals surface area contributed by atoms with Crippen molar-refractivity contribution in [2.75, 3.05) is 13.1 Å². The second kappa shape index (κ2) is 5.63. The summed E-state index contributed by atoms with van der Waals surface area (Å²) in [4.78, 5) is 13.7. The Hall–Kier alpha value is -0.870. The van der Waals surface area contributed by atoms with E-state index in [1.807, 2.05) is 0 Å². The van der Waals surface area contributed by atoms with Crippen LogP contribution in [0.25, 0.3) is 0 Å². The highest BCUT2D eigenvalue weighted by Gasteiger charge is 2.35. The summed E-state index contributed by atoms with van der Waals surface area (Å²) in [5, 5.41) is 13.8. The molecule has 1 aromatic rings. The highest BCUT2D eigenvalue weighted by atomic mass is 32.1. The zero-order valence-electron chi connectivity index (χ0n) is 11.1. The van der Waals surface area contributed by atoms with Gasteiger partial charge >= 0.3 is 5.97 Å². The zero-order valence-corrected chi connectivity index (χ0v) is 11.9. The third kappa shape index (κ3) is 2.84. The van der Waals surface area contributed by atoms with Crippen LogP contribution in [0, 0.1) is 5.92 Å². The Kier molecular flexibility index (Phi) is 3.89. The van der Waals surface area contributed by atoms with Crippen molar-refractivity contribution >= 4 is 17.3 Å². The SMILES string of the molecule is O=C(O)C(CC1CCC1)N1CCC(c2ccsc2)C1. The van der Waals surface area contributed by atoms with Crippen LogP contribution >= 0.6 is 11.3 Å². The van der Waals surface area contributed by atoms with Gasteiger partial charge in [0.25, 0.3) is 0 Å². The van der Waals surface area contributed by atoms with Crippen molar-refractivity contribution in [2.24, 2.45) is 5.92 Å². The third-order valence-corrected chi connectivity index (χ3v) is 5.44. The van der Waals surface area contributed by atoms with Gasteiger partial charge in [-0.05, 0) is 53.6 Å². The number of carboxylic acids is 1. The molecule has 4 heteroatoms. The number of carboxylic acid groups (broad SMARTS) is 1. The van der Waals surface area contributed by atoms with Crippen molar-refractivity contribution in [2.45, 2.75) is 44.1 Å². The molecule has 2 unspecified atom stereocenters. The zero-order chi connectivity index (χ0) is 13.2. The molecule has 2 fully saturated rings. The minimum absolute atomic E-state index is 0.256. The van der Waals surface area contributed by atoms with Gasteiger partial charge in [0.15, 0.2) is 0 Å². The van der Waals surface area contributed by atoms with E-state index < -0.39 is 5.97 Å². The molecule has 1 aromatic heterocycles. The fourth-order valence-corrected chi connectivity index (χ4v) is 4.04. The molecule has 0 spiro atoms. The molecule has 0 bridgehead atoms. The van der Waals surface area contributed by atoms with Crippen LogP contribution in [-0.2, 0) is 4.79 Å². The van der Waals surface area contributed by atoms with Gasteiger partial charge in [-0.15, -0.1) is 0 Å². The second-order valence-corrected chi connectivity index (χ2v) is 6.70. The minimum Gasteiger partial charge on any atom is -0.480 e. The molecule has 2 aliphatic rings. The number of hydrogen-bond acceptors (Lipinski definition) is 3. The normalized spacial score (nSPS) is 26.2. The van der Waals surface area contributed by atoms with E-state index >= 15 is 0 Å². The average molecular weight is 279 g/mol. The maximum atomic E-state index is 11.5. The lowest BCUT2D eigenvalue weighted by atomic mass is 9.80. The molecule has 2 atom stereocenters. The second-order valence-electron chi connectivity index (χ2n) is 5.92. The van der Waals surface area contributed by atoms with E-state index in [9.17, 15) is 9.90 Å². The fraction of sp³-hybridized carbons (Fsp3) is 0.667. The van der Waals surface area contributed by atoms with Gasteiger partial charge in [-0.1, -0.05) is 19.3 Å². The number of hydrogen-bond donors (Lipinski definition) is 1. The lowest BCUT2D eigenvalue weighted by Crippen LogP contribution is -2.41. The van der Waals surface area contributed by atoms with Gasteiger partial charge in [0.2, 0.25) is 0 Å². The predicted octanol–water partition coefficient (Wildman–Crippen LogP) is 3.18. The monoisotopic (exact) mass is 279 g/mol. The molecule has 3 rings (SSSR count). The van der Waals surface area contributed by atoms with Gasteiger partial charge in [-0.2, -0.15) is 11.3 Å². The molecule has 1 aliphatic carbocycles. The van der Waals surface area contributed by atoms with E-state index in [1.54, 1.807) is 11.3 Å². The van der Waals surface area contributed by atoms with Gasteiger partial charge in [0.1, 0.15) is 6.04 Å². The summed E-state index contributed by atoms with van der Waals surface area (Å²) in [5.74, 6) is 0.564. The van der Waals surface area contributed by atoms with Crippen LogP contribution in [-0.4, -0.2) is 35.1 Å². The van der Waals surface area contributed by atoms with Crippen LogP contribution in [0.3, 0.4) is 0 Å². The summed E-state index contributed by atoms with van der Waals surface area (Å²) in [6.07, 6.45) is 5.70. The Morgan fingerprint density at radius 1 is 1.47 bits per heavy atom. The first-order chi connectivity index (χ1) is 9.24. The van der Waals surface area contributed by atoms with Gasteiger partial charge < -0.3 is 5.11 Å². The Morgan fingerprint density at radius 3 is 2.89 bits per heavy atom. The number of likely N-dealkylation sites (tertiary alicyclic amines) is 1. The predicted molar refractivity (Wildman–Crippen MR) is 76.6 cm³/mol. The Labute approximate surface area is 118 Å². The van der Waals surface area contributed by atoms with Crippen LogP contribution in [0.15, 0.2) is 16.8 Å². The Balaban J connectivity index is 1.62. The van der Waals surface area contributed by atoms with Gasteiger partial charge in [-0.3, -0.25) is 9.69 Å². The minimum atomic E-state index is -0.627. The summed E-state index contributed by atoms with van der Waals surface area (Å²) < 4.78 is 0. The molecule has 19 heavy (non-hydrogen) atoms. The fourth-order valence-electron chi connectivity index (χ4n) is 3.30. The highest BCUT2D eigenvalue weighted by molar-refractivity contribution is 7.07. The quantitative estimate of drug-likeness (QED) is 0.900. The van der Waals surface area contributed by atoms with E-state index in [1.165, 1.54) is 24.8 Å². The van der Waals surface area contributed by atoms with Crippen LogP contribution in [0.5, 0.6) is 0 Å². The molecule has 1 saturated carbocycles. The molecule has 1 N–H and O–H groups in total. The summed E-state index contributed by atoms with van der Waals surface area (Å²) in [7, 11) is 0. The number of nitrogens with zero attached hydrogens (tertiary/aromatic N) is 1. The van der Waals surface area contributed by atoms with Crippen molar-refractivity contribution < 1.29 is 9.90 Å². The van der Waals surface area contributed by atoms with E-state index in [4.69, 9.17) is 0 Å². The Bertz CT molecular complexity index is 427. The first-order valence-corrected chi connectivity index (χ1v) is 8.17. The van der Waals surface area contributed by atoms with E-state index in [0.29, 0.717) is 11.8 Å². The topological polar surface area (TPSA) is 40.5 Å². The van der Waals surface area contributed by atoms with Crippen molar-refractivity contribution in [1.29, 1.82) is 0 Å². The molecular formula is C15H21NO2S. The van der Waals surface area contributed by atoms with E-state index in [2.05, 4.69) is 21.7 Å². The maximum absolute atomic E-state index is 11.5. The molecule has 0 aromatic carbocycles. The first-order valence-electron chi connectivity index (χ1n) is 7.23. The number of carbonyl (C=O) groups is 1. The molecule has 0 radical (unpaired) electrons. The lowest BCUT2D eigenvalue weighted by molar-refractivity contribution is -0.143. The molecule has 1 aliphatic heterocycles. The van der Waals surface area contributed by atoms with Gasteiger partial charge in [-0.25, -0.2) is 0 Å². The largest absolute Gasteiger partial charge is 0.480 e. The standard InChI is InChI=1S/C15H21NO2S/c17-15(18)14(8-11-2-1-3-11)16-6-4-12(9-16)13-5-7-19-10-13/h5,7,10-12,14H,1-4,6,8-9H2,(H,17,18). The van der Waals surface area contributed by atoms with Crippen LogP contribution < -0.4 is 0 Å². The number of thiophene rings is 1. The van der Waals surface area contributed by atoms with Gasteiger partial charge in [0, 0.05) is 6.54 Å². The number of rotatable bonds is 5.